The van der Waals surface area contributed by atoms with Crippen LogP contribution in [-0.2, 0) is 20.1 Å². The van der Waals surface area contributed by atoms with Gasteiger partial charge in [-0.05, 0) is 55.2 Å². The van der Waals surface area contributed by atoms with Crippen molar-refractivity contribution in [3.05, 3.63) is 127 Å². The molecule has 52 heavy (non-hydrogen) atoms. The number of hydrazine groups is 1. The summed E-state index contributed by atoms with van der Waals surface area (Å²) in [5.74, 6) is 3.07. The zero-order valence-corrected chi connectivity index (χ0v) is 30.6. The normalized spacial score (nSPS) is 10.8. The Morgan fingerprint density at radius 1 is 1.00 bits per heavy atom. The number of nitrogens with zero attached hydrogens (tertiary/aromatic N) is 7. The number of aromatic nitrogens is 7. The van der Waals surface area contributed by atoms with Crippen molar-refractivity contribution in [2.75, 3.05) is 10.7 Å². The van der Waals surface area contributed by atoms with E-state index < -0.39 is 6.03 Å². The summed E-state index contributed by atoms with van der Waals surface area (Å²) in [5.41, 5.74) is 11.2. The van der Waals surface area contributed by atoms with E-state index in [9.17, 15) is 14.4 Å². The molecule has 5 aromatic heterocycles. The number of aryl methyl sites for hydroxylation is 2. The molecule has 0 saturated heterocycles. The van der Waals surface area contributed by atoms with Gasteiger partial charge in [-0.25, -0.2) is 14.8 Å². The van der Waals surface area contributed by atoms with Gasteiger partial charge < -0.3 is 9.88 Å². The predicted molar refractivity (Wildman–Crippen MR) is 203 cm³/mol. The van der Waals surface area contributed by atoms with Gasteiger partial charge in [-0.3, -0.25) is 29.8 Å². The highest BCUT2D eigenvalue weighted by atomic mass is 35.5. The number of carbonyl (C=O) groups is 2. The summed E-state index contributed by atoms with van der Waals surface area (Å²) < 4.78 is 4.83. The number of terminal acetylenes is 1. The number of hydrogen-bond donors (Lipinski definition) is 3. The quantitative estimate of drug-likeness (QED) is 0.0656. The van der Waals surface area contributed by atoms with Crippen LogP contribution >= 0.6 is 23.2 Å². The molecule has 1 aromatic carbocycles. The molecule has 0 atom stereocenters. The number of ketones is 1. The number of hydrogen-bond acceptors (Lipinski definition) is 8. The maximum atomic E-state index is 12.6. The largest absolute Gasteiger partial charge is 0.337 e. The second kappa shape index (κ2) is 16.4. The van der Waals surface area contributed by atoms with Crippen LogP contribution in [0.3, 0.4) is 0 Å². The van der Waals surface area contributed by atoms with Crippen LogP contribution in [0, 0.1) is 26.2 Å². The van der Waals surface area contributed by atoms with Gasteiger partial charge in [-0.15, -0.1) is 6.42 Å². The number of rotatable bonds is 9. The molecule has 3 N–H and O–H groups in total. The second-order valence-electron chi connectivity index (χ2n) is 12.1. The van der Waals surface area contributed by atoms with Crippen LogP contribution in [0.15, 0.2) is 77.9 Å². The number of urea groups is 1. The van der Waals surface area contributed by atoms with E-state index in [2.05, 4.69) is 56.1 Å². The Morgan fingerprint density at radius 2 is 1.71 bits per heavy atom. The Kier molecular flexibility index (Phi) is 11.7. The first-order valence-corrected chi connectivity index (χ1v) is 16.9. The third-order valence-electron chi connectivity index (χ3n) is 7.99. The van der Waals surface area contributed by atoms with Crippen molar-refractivity contribution in [3.63, 3.8) is 0 Å². The molecule has 6 rings (SSSR count). The summed E-state index contributed by atoms with van der Waals surface area (Å²) in [4.78, 5) is 45.0. The van der Waals surface area contributed by atoms with E-state index in [1.165, 1.54) is 29.0 Å². The molecule has 266 valence electrons. The number of amides is 2. The van der Waals surface area contributed by atoms with E-state index in [4.69, 9.17) is 29.6 Å². The Hall–Kier alpha value is -5.97. The molecule has 0 fully saturated rings. The highest BCUT2D eigenvalue weighted by Crippen LogP contribution is 2.29. The van der Waals surface area contributed by atoms with Gasteiger partial charge in [0.1, 0.15) is 16.1 Å². The monoisotopic (exact) mass is 738 g/mol. The topological polar surface area (TPSA) is 154 Å². The number of halogens is 2. The molecule has 15 heteroatoms. The molecule has 2 amide bonds. The maximum absolute atomic E-state index is 12.6. The first-order valence-electron chi connectivity index (χ1n) is 16.1. The Balaban J connectivity index is 0.000000202. The van der Waals surface area contributed by atoms with Crippen molar-refractivity contribution >= 4 is 57.6 Å². The number of pyridine rings is 3. The fraction of sp³-hybridized carbons (Fsp3) is 0.216. The summed E-state index contributed by atoms with van der Waals surface area (Å²) >= 11 is 11.6. The minimum atomic E-state index is -0.498. The van der Waals surface area contributed by atoms with Crippen molar-refractivity contribution in [1.29, 1.82) is 0 Å². The SMILES string of the molecule is C#Cc1ccc(=O)n(CC(=O)c2cnn(Cc3ccccc3)c2C)c1.Cc1nn(C)c2nc(NNC(=O)Nc3cc(Cl)nc(Cl)c3)cc(C(C)C)c12. The average molecular weight is 740 g/mol. The van der Waals surface area contributed by atoms with Gasteiger partial charge in [0.2, 0.25) is 0 Å². The molecule has 0 bridgehead atoms. The molecular weight excluding hydrogens is 703 g/mol. The molecule has 0 unspecified atom stereocenters. The lowest BCUT2D eigenvalue weighted by Gasteiger charge is -2.13. The molecule has 13 nitrogen and oxygen atoms in total. The van der Waals surface area contributed by atoms with Gasteiger partial charge in [0.05, 0.1) is 30.5 Å². The molecule has 0 spiro atoms. The maximum Gasteiger partial charge on any atom is 0.337 e. The van der Waals surface area contributed by atoms with E-state index in [1.807, 2.05) is 57.3 Å². The first kappa shape index (κ1) is 37.3. The summed E-state index contributed by atoms with van der Waals surface area (Å²) in [6, 6.07) is 17.2. The highest BCUT2D eigenvalue weighted by Gasteiger charge is 2.17. The third-order valence-corrected chi connectivity index (χ3v) is 8.38. The van der Waals surface area contributed by atoms with Gasteiger partial charge in [0.25, 0.3) is 5.56 Å². The van der Waals surface area contributed by atoms with Crippen LogP contribution < -0.4 is 21.7 Å². The predicted octanol–water partition coefficient (Wildman–Crippen LogP) is 6.52. The van der Waals surface area contributed by atoms with E-state index in [1.54, 1.807) is 21.6 Å². The zero-order chi connectivity index (χ0) is 37.5. The van der Waals surface area contributed by atoms with E-state index in [-0.39, 0.29) is 34.1 Å². The number of Topliss-reactive ketones (excluding diaryl/α,β-unsaturated/α-hetero) is 1. The standard InChI is InChI=1S/C20H17N3O2.C17H19Cl2N7O/c1-3-16-9-10-20(25)22(12-16)14-19(24)18-11-21-23(15(18)2)13-17-7-5-4-6-8-17;1-8(2)11-7-14(22-16-15(11)9(3)25-26(16)4)23-24-17(27)20-10-5-12(18)21-13(19)6-10/h1,4-12H,13-14H2,2H3;5-8H,1-4H3,(H,22,23)(H2,20,21,24,27). The summed E-state index contributed by atoms with van der Waals surface area (Å²) in [7, 11) is 1.84. The lowest BCUT2D eigenvalue weighted by Crippen LogP contribution is -2.34. The summed E-state index contributed by atoms with van der Waals surface area (Å²) in [5, 5.41) is 12.8. The van der Waals surface area contributed by atoms with Crippen molar-refractivity contribution in [2.24, 2.45) is 7.05 Å². The van der Waals surface area contributed by atoms with Crippen molar-refractivity contribution in [1.82, 2.24) is 39.5 Å². The van der Waals surface area contributed by atoms with Crippen LogP contribution in [-0.4, -0.2) is 45.9 Å². The summed E-state index contributed by atoms with van der Waals surface area (Å²) in [6.45, 7) is 8.53. The second-order valence-corrected chi connectivity index (χ2v) is 12.9. The van der Waals surface area contributed by atoms with E-state index >= 15 is 0 Å². The van der Waals surface area contributed by atoms with Crippen molar-refractivity contribution < 1.29 is 9.59 Å². The van der Waals surface area contributed by atoms with Crippen LogP contribution in [0.4, 0.5) is 16.3 Å². The Labute approximate surface area is 310 Å². The average Bonchev–Trinajstić information content (AvgIpc) is 3.61. The van der Waals surface area contributed by atoms with Crippen LogP contribution in [0.1, 0.15) is 58.2 Å². The smallest absolute Gasteiger partial charge is 0.306 e. The molecule has 0 saturated carbocycles. The molecule has 0 aliphatic carbocycles. The van der Waals surface area contributed by atoms with E-state index in [0.717, 1.165) is 33.5 Å². The molecule has 0 aliphatic rings. The van der Waals surface area contributed by atoms with Gasteiger partial charge in [-0.1, -0.05) is 73.3 Å². The third kappa shape index (κ3) is 9.03. The minimum Gasteiger partial charge on any atom is -0.306 e. The van der Waals surface area contributed by atoms with Crippen LogP contribution in [0.25, 0.3) is 11.0 Å². The molecule has 6 aromatic rings. The molecule has 5 heterocycles. The first-order chi connectivity index (χ1) is 24.8. The lowest BCUT2D eigenvalue weighted by atomic mass is 10.00. The molecule has 0 radical (unpaired) electrons. The lowest BCUT2D eigenvalue weighted by molar-refractivity contribution is 0.0970. The van der Waals surface area contributed by atoms with Crippen molar-refractivity contribution in [2.45, 2.75) is 46.7 Å². The highest BCUT2D eigenvalue weighted by molar-refractivity contribution is 6.33. The number of carbonyl (C=O) groups excluding carboxylic acids is 2. The van der Waals surface area contributed by atoms with E-state index in [0.29, 0.717) is 29.2 Å². The Bertz CT molecular complexity index is 2340. The van der Waals surface area contributed by atoms with Gasteiger partial charge in [-0.2, -0.15) is 10.2 Å². The zero-order valence-electron chi connectivity index (χ0n) is 29.1. The number of fused-ring (bicyclic) bond motifs is 1. The Morgan fingerprint density at radius 3 is 2.38 bits per heavy atom. The van der Waals surface area contributed by atoms with Crippen LogP contribution in [0.2, 0.25) is 10.3 Å². The van der Waals surface area contributed by atoms with Crippen LogP contribution in [0.5, 0.6) is 0 Å². The number of anilines is 2. The molecular formula is C37H36Cl2N10O3. The number of nitrogens with one attached hydrogen (secondary N) is 3. The fourth-order valence-electron chi connectivity index (χ4n) is 5.43. The fourth-order valence-corrected chi connectivity index (χ4v) is 5.89. The van der Waals surface area contributed by atoms with Gasteiger partial charge in [0.15, 0.2) is 11.4 Å². The minimum absolute atomic E-state index is 0.0633. The van der Waals surface area contributed by atoms with Gasteiger partial charge in [0, 0.05) is 41.6 Å². The summed E-state index contributed by atoms with van der Waals surface area (Å²) in [6.07, 6.45) is 8.42. The molecule has 0 aliphatic heterocycles. The van der Waals surface area contributed by atoms with Gasteiger partial charge >= 0.3 is 6.03 Å². The number of benzene rings is 1. The van der Waals surface area contributed by atoms with Crippen molar-refractivity contribution in [3.8, 4) is 12.3 Å².